The monoisotopic (exact) mass is 394 g/mol. The molecule has 4 rings (SSSR count). The highest BCUT2D eigenvalue weighted by atomic mass is 32.1. The zero-order valence-electron chi connectivity index (χ0n) is 15.8. The molecule has 0 saturated heterocycles. The lowest BCUT2D eigenvalue weighted by molar-refractivity contribution is 0.0981. The second-order valence-corrected chi connectivity index (χ2v) is 7.67. The Balaban J connectivity index is 1.70. The predicted molar refractivity (Wildman–Crippen MR) is 111 cm³/mol. The van der Waals surface area contributed by atoms with Gasteiger partial charge in [-0.15, -0.1) is 17.9 Å². The van der Waals surface area contributed by atoms with Crippen LogP contribution < -0.4 is 9.64 Å². The van der Waals surface area contributed by atoms with Crippen molar-refractivity contribution in [3.63, 3.8) is 0 Å². The molecular weight excluding hydrogens is 372 g/mol. The molecule has 0 spiro atoms. The number of para-hydroxylation sites is 1. The summed E-state index contributed by atoms with van der Waals surface area (Å²) >= 11 is 1.59. The second-order valence-electron chi connectivity index (χ2n) is 6.60. The van der Waals surface area contributed by atoms with Crippen molar-refractivity contribution >= 4 is 22.4 Å². The van der Waals surface area contributed by atoms with Crippen LogP contribution in [-0.4, -0.2) is 34.3 Å². The van der Waals surface area contributed by atoms with Gasteiger partial charge in [0.15, 0.2) is 16.6 Å². The molecule has 0 unspecified atom stereocenters. The number of ether oxygens (including phenoxy) is 1. The highest BCUT2D eigenvalue weighted by Gasteiger charge is 2.28. The average molecular weight is 395 g/mol. The summed E-state index contributed by atoms with van der Waals surface area (Å²) in [6, 6.07) is 9.64. The summed E-state index contributed by atoms with van der Waals surface area (Å²) in [6.45, 7) is 4.17. The first kappa shape index (κ1) is 18.4. The quantitative estimate of drug-likeness (QED) is 0.592. The van der Waals surface area contributed by atoms with Crippen LogP contribution in [0.4, 0.5) is 5.13 Å². The van der Waals surface area contributed by atoms with E-state index in [1.807, 2.05) is 30.3 Å². The molecule has 0 radical (unpaired) electrons. The van der Waals surface area contributed by atoms with Gasteiger partial charge in [-0.1, -0.05) is 24.3 Å². The standard InChI is InChI=1S/C21H22N4O2S/c1-3-13-24(21-22-16-11-7-8-12-18(16)28-21)20(26)19-17(27-2)14-25(23-19)15-9-5-4-6-10-15/h3-6,9-10,14H,1,7-8,11-13H2,2H3. The number of rotatable bonds is 6. The number of anilines is 1. The molecule has 144 valence electrons. The van der Waals surface area contributed by atoms with Crippen molar-refractivity contribution in [3.05, 3.63) is 65.4 Å². The lowest BCUT2D eigenvalue weighted by atomic mass is 10.0. The van der Waals surface area contributed by atoms with Crippen LogP contribution >= 0.6 is 11.3 Å². The van der Waals surface area contributed by atoms with Gasteiger partial charge in [0.05, 0.1) is 24.7 Å². The number of carbonyl (C=O) groups excluding carboxylic acids is 1. The summed E-state index contributed by atoms with van der Waals surface area (Å²) in [7, 11) is 1.54. The van der Waals surface area contributed by atoms with E-state index in [0.717, 1.165) is 30.6 Å². The number of aromatic nitrogens is 3. The van der Waals surface area contributed by atoms with Crippen molar-refractivity contribution in [1.29, 1.82) is 0 Å². The molecule has 7 heteroatoms. The number of benzene rings is 1. The van der Waals surface area contributed by atoms with Crippen LogP contribution in [0.3, 0.4) is 0 Å². The molecule has 28 heavy (non-hydrogen) atoms. The van der Waals surface area contributed by atoms with Crippen LogP contribution in [-0.2, 0) is 12.8 Å². The molecular formula is C21H22N4O2S. The molecule has 1 aromatic carbocycles. The molecule has 0 atom stereocenters. The van der Waals surface area contributed by atoms with Gasteiger partial charge < -0.3 is 4.74 Å². The minimum atomic E-state index is -0.238. The van der Waals surface area contributed by atoms with Crippen molar-refractivity contribution in [2.75, 3.05) is 18.6 Å². The molecule has 0 saturated carbocycles. The minimum Gasteiger partial charge on any atom is -0.493 e. The lowest BCUT2D eigenvalue weighted by Crippen LogP contribution is -2.31. The molecule has 0 aliphatic heterocycles. The van der Waals surface area contributed by atoms with E-state index in [1.54, 1.807) is 40.3 Å². The van der Waals surface area contributed by atoms with Crippen LogP contribution in [0.1, 0.15) is 33.9 Å². The zero-order chi connectivity index (χ0) is 19.5. The van der Waals surface area contributed by atoms with E-state index in [1.165, 1.54) is 11.3 Å². The Bertz CT molecular complexity index is 970. The van der Waals surface area contributed by atoms with E-state index in [4.69, 9.17) is 9.72 Å². The van der Waals surface area contributed by atoms with Crippen LogP contribution in [0.5, 0.6) is 5.75 Å². The number of nitrogens with zero attached hydrogens (tertiary/aromatic N) is 4. The Hall–Kier alpha value is -2.93. The van der Waals surface area contributed by atoms with E-state index in [2.05, 4.69) is 11.7 Å². The SMILES string of the molecule is C=CCN(C(=O)c1nn(-c2ccccc2)cc1OC)c1nc2c(s1)CCCC2. The van der Waals surface area contributed by atoms with Gasteiger partial charge in [0.25, 0.3) is 5.91 Å². The van der Waals surface area contributed by atoms with E-state index in [9.17, 15) is 4.79 Å². The fourth-order valence-electron chi connectivity index (χ4n) is 3.33. The van der Waals surface area contributed by atoms with Gasteiger partial charge in [-0.25, -0.2) is 9.67 Å². The van der Waals surface area contributed by atoms with Gasteiger partial charge in [-0.2, -0.15) is 5.10 Å². The van der Waals surface area contributed by atoms with Gasteiger partial charge in [0.1, 0.15) is 0 Å². The summed E-state index contributed by atoms with van der Waals surface area (Å²) in [4.78, 5) is 21.0. The first-order valence-electron chi connectivity index (χ1n) is 9.31. The second kappa shape index (κ2) is 7.98. The number of amides is 1. The molecule has 2 heterocycles. The molecule has 1 aliphatic carbocycles. The van der Waals surface area contributed by atoms with Gasteiger partial charge in [0.2, 0.25) is 0 Å². The van der Waals surface area contributed by atoms with Crippen LogP contribution in [0, 0.1) is 0 Å². The number of fused-ring (bicyclic) bond motifs is 1. The Morgan fingerprint density at radius 2 is 2.11 bits per heavy atom. The van der Waals surface area contributed by atoms with E-state index in [0.29, 0.717) is 17.4 Å². The van der Waals surface area contributed by atoms with E-state index in [-0.39, 0.29) is 11.6 Å². The van der Waals surface area contributed by atoms with Crippen LogP contribution in [0.25, 0.3) is 5.69 Å². The third kappa shape index (κ3) is 3.45. The van der Waals surface area contributed by atoms with Crippen molar-refractivity contribution in [3.8, 4) is 11.4 Å². The number of carbonyl (C=O) groups is 1. The number of hydrogen-bond donors (Lipinski definition) is 0. The molecule has 2 aromatic heterocycles. The molecule has 0 fully saturated rings. The largest absolute Gasteiger partial charge is 0.493 e. The molecule has 6 nitrogen and oxygen atoms in total. The van der Waals surface area contributed by atoms with Crippen LogP contribution in [0.2, 0.25) is 0 Å². The number of methoxy groups -OCH3 is 1. The highest BCUT2D eigenvalue weighted by molar-refractivity contribution is 7.16. The Labute approximate surface area is 168 Å². The minimum absolute atomic E-state index is 0.238. The van der Waals surface area contributed by atoms with Gasteiger partial charge in [-0.3, -0.25) is 9.69 Å². The molecule has 1 amide bonds. The molecule has 0 bridgehead atoms. The summed E-state index contributed by atoms with van der Waals surface area (Å²) in [5.74, 6) is 0.196. The number of thiazole rings is 1. The van der Waals surface area contributed by atoms with Crippen molar-refractivity contribution in [1.82, 2.24) is 14.8 Å². The smallest absolute Gasteiger partial charge is 0.284 e. The topological polar surface area (TPSA) is 60.2 Å². The molecule has 0 N–H and O–H groups in total. The first-order valence-corrected chi connectivity index (χ1v) is 10.1. The third-order valence-corrected chi connectivity index (χ3v) is 5.93. The normalized spacial score (nSPS) is 13.0. The Kier molecular flexibility index (Phi) is 5.25. The molecule has 3 aromatic rings. The number of hydrogen-bond acceptors (Lipinski definition) is 5. The summed E-state index contributed by atoms with van der Waals surface area (Å²) in [5.41, 5.74) is 2.25. The summed E-state index contributed by atoms with van der Waals surface area (Å²) in [5, 5.41) is 5.21. The Morgan fingerprint density at radius 1 is 1.32 bits per heavy atom. The van der Waals surface area contributed by atoms with Gasteiger partial charge in [0, 0.05) is 11.4 Å². The van der Waals surface area contributed by atoms with Crippen molar-refractivity contribution in [2.24, 2.45) is 0 Å². The third-order valence-electron chi connectivity index (χ3n) is 4.75. The Morgan fingerprint density at radius 3 is 2.82 bits per heavy atom. The predicted octanol–water partition coefficient (Wildman–Crippen LogP) is 4.05. The van der Waals surface area contributed by atoms with Crippen molar-refractivity contribution in [2.45, 2.75) is 25.7 Å². The number of aryl methyl sites for hydroxylation is 2. The van der Waals surface area contributed by atoms with Gasteiger partial charge in [-0.05, 0) is 37.8 Å². The maximum Gasteiger partial charge on any atom is 0.284 e. The van der Waals surface area contributed by atoms with Crippen molar-refractivity contribution < 1.29 is 9.53 Å². The summed E-state index contributed by atoms with van der Waals surface area (Å²) in [6.07, 6.45) is 7.78. The summed E-state index contributed by atoms with van der Waals surface area (Å²) < 4.78 is 7.10. The first-order chi connectivity index (χ1) is 13.7. The fraction of sp³-hybridized carbons (Fsp3) is 0.286. The zero-order valence-corrected chi connectivity index (χ0v) is 16.6. The maximum atomic E-state index is 13.4. The highest BCUT2D eigenvalue weighted by Crippen LogP contribution is 2.33. The fourth-order valence-corrected chi connectivity index (χ4v) is 4.48. The molecule has 1 aliphatic rings. The van der Waals surface area contributed by atoms with E-state index < -0.39 is 0 Å². The maximum absolute atomic E-state index is 13.4. The van der Waals surface area contributed by atoms with Crippen LogP contribution in [0.15, 0.2) is 49.2 Å². The van der Waals surface area contributed by atoms with Gasteiger partial charge >= 0.3 is 0 Å². The lowest BCUT2D eigenvalue weighted by Gasteiger charge is -2.17. The average Bonchev–Trinajstić information content (AvgIpc) is 3.36. The van der Waals surface area contributed by atoms with E-state index >= 15 is 0 Å².